The first-order valence-corrected chi connectivity index (χ1v) is 7.44. The van der Waals surface area contributed by atoms with Crippen molar-refractivity contribution in [1.29, 1.82) is 0 Å². The second-order valence-corrected chi connectivity index (χ2v) is 5.59. The maximum atomic E-state index is 12.2. The molecule has 8 heteroatoms. The van der Waals surface area contributed by atoms with Crippen LogP contribution in [0.15, 0.2) is 24.3 Å². The Morgan fingerprint density at radius 2 is 1.95 bits per heavy atom. The Hall–Kier alpha value is -2.35. The minimum Gasteiger partial charge on any atom is -0.299 e. The highest BCUT2D eigenvalue weighted by Gasteiger charge is 2.19. The number of carbonyl (C=O) groups is 1. The lowest BCUT2D eigenvalue weighted by molar-refractivity contribution is -0.119. The number of amides is 1. The van der Waals surface area contributed by atoms with Gasteiger partial charge in [-0.3, -0.25) is 10.1 Å². The van der Waals surface area contributed by atoms with Crippen LogP contribution in [-0.4, -0.2) is 31.1 Å². The zero-order valence-corrected chi connectivity index (χ0v) is 12.5. The molecule has 0 saturated heterocycles. The van der Waals surface area contributed by atoms with E-state index in [-0.39, 0.29) is 5.91 Å². The molecule has 0 aliphatic carbocycles. The lowest BCUT2D eigenvalue weighted by Gasteiger charge is -2.08. The molecule has 7 nitrogen and oxygen atoms in total. The van der Waals surface area contributed by atoms with Gasteiger partial charge in [0.25, 0.3) is 5.91 Å². The Balaban J connectivity index is 1.77. The van der Waals surface area contributed by atoms with Crippen molar-refractivity contribution < 1.29 is 4.79 Å². The average molecular weight is 302 g/mol. The summed E-state index contributed by atoms with van der Waals surface area (Å²) in [5, 5.41) is 20.7. The molecule has 2 aromatic heterocycles. The summed E-state index contributed by atoms with van der Waals surface area (Å²) in [6.45, 7) is 3.74. The van der Waals surface area contributed by atoms with E-state index in [0.29, 0.717) is 5.13 Å². The summed E-state index contributed by atoms with van der Waals surface area (Å²) in [6.07, 6.45) is 0.801. The van der Waals surface area contributed by atoms with Gasteiger partial charge in [0.05, 0.1) is 0 Å². The lowest BCUT2D eigenvalue weighted by Crippen LogP contribution is -2.25. The van der Waals surface area contributed by atoms with Gasteiger partial charge in [-0.25, -0.2) is 0 Å². The second-order valence-electron chi connectivity index (χ2n) is 4.53. The summed E-state index contributed by atoms with van der Waals surface area (Å²) >= 11 is 1.37. The van der Waals surface area contributed by atoms with Crippen molar-refractivity contribution in [3.8, 4) is 0 Å². The zero-order chi connectivity index (χ0) is 14.8. The number of aryl methyl sites for hydroxylation is 1. The summed E-state index contributed by atoms with van der Waals surface area (Å²) in [5.41, 5.74) is 1.53. The van der Waals surface area contributed by atoms with Gasteiger partial charge in [-0.2, -0.15) is 15.0 Å². The van der Waals surface area contributed by atoms with E-state index in [2.05, 4.69) is 25.7 Å². The largest absolute Gasteiger partial charge is 0.299 e. The third-order valence-corrected chi connectivity index (χ3v) is 4.01. The predicted molar refractivity (Wildman–Crippen MR) is 80.2 cm³/mol. The summed E-state index contributed by atoms with van der Waals surface area (Å²) < 4.78 is 0. The third kappa shape index (κ3) is 2.75. The Morgan fingerprint density at radius 1 is 1.29 bits per heavy atom. The Bertz CT molecular complexity index is 747. The molecule has 0 aliphatic rings. The highest BCUT2D eigenvalue weighted by Crippen LogP contribution is 2.17. The van der Waals surface area contributed by atoms with E-state index >= 15 is 0 Å². The van der Waals surface area contributed by atoms with E-state index in [1.54, 1.807) is 6.92 Å². The fourth-order valence-corrected chi connectivity index (χ4v) is 2.49. The van der Waals surface area contributed by atoms with Crippen LogP contribution in [0.2, 0.25) is 0 Å². The van der Waals surface area contributed by atoms with Gasteiger partial charge in [-0.1, -0.05) is 30.4 Å². The number of benzene rings is 1. The van der Waals surface area contributed by atoms with Crippen LogP contribution in [0.5, 0.6) is 0 Å². The van der Waals surface area contributed by atoms with Gasteiger partial charge in [0.15, 0.2) is 0 Å². The van der Waals surface area contributed by atoms with Gasteiger partial charge in [0.1, 0.15) is 22.1 Å². The molecule has 0 unspecified atom stereocenters. The molecule has 21 heavy (non-hydrogen) atoms. The SMILES string of the molecule is CCc1nnc(NC(=O)[C@@H](C)n2nc3ccccc3n2)s1. The molecule has 3 aromatic rings. The maximum absolute atomic E-state index is 12.2. The number of hydrogen-bond donors (Lipinski definition) is 1. The van der Waals surface area contributed by atoms with Crippen LogP contribution in [0.4, 0.5) is 5.13 Å². The van der Waals surface area contributed by atoms with Crippen LogP contribution in [0.3, 0.4) is 0 Å². The van der Waals surface area contributed by atoms with Crippen molar-refractivity contribution in [3.05, 3.63) is 29.3 Å². The van der Waals surface area contributed by atoms with E-state index in [1.165, 1.54) is 16.1 Å². The molecule has 1 amide bonds. The zero-order valence-electron chi connectivity index (χ0n) is 11.6. The first-order valence-electron chi connectivity index (χ1n) is 6.62. The first-order chi connectivity index (χ1) is 10.2. The number of fused-ring (bicyclic) bond motifs is 1. The van der Waals surface area contributed by atoms with Gasteiger partial charge in [-0.15, -0.1) is 10.2 Å². The van der Waals surface area contributed by atoms with Crippen molar-refractivity contribution in [3.63, 3.8) is 0 Å². The van der Waals surface area contributed by atoms with Crippen molar-refractivity contribution in [2.75, 3.05) is 5.32 Å². The average Bonchev–Trinajstić information content (AvgIpc) is 3.12. The number of carbonyl (C=O) groups excluding carboxylic acids is 1. The number of hydrogen-bond acceptors (Lipinski definition) is 6. The fraction of sp³-hybridized carbons (Fsp3) is 0.308. The number of anilines is 1. The van der Waals surface area contributed by atoms with Gasteiger partial charge >= 0.3 is 0 Å². The standard InChI is InChI=1S/C13H14N6OS/c1-3-11-15-16-13(21-11)14-12(20)8(2)19-17-9-6-4-5-7-10(9)18-19/h4-8H,3H2,1-2H3,(H,14,16,20)/t8-/m1/s1. The van der Waals surface area contributed by atoms with Crippen LogP contribution in [0.25, 0.3) is 11.0 Å². The molecule has 0 aliphatic heterocycles. The minimum atomic E-state index is -0.522. The smallest absolute Gasteiger partial charge is 0.252 e. The molecule has 0 spiro atoms. The van der Waals surface area contributed by atoms with E-state index in [9.17, 15) is 4.79 Å². The van der Waals surface area contributed by atoms with Gasteiger partial charge in [-0.05, 0) is 25.5 Å². The topological polar surface area (TPSA) is 85.6 Å². The van der Waals surface area contributed by atoms with Crippen LogP contribution < -0.4 is 5.32 Å². The Kier molecular flexibility index (Phi) is 3.61. The van der Waals surface area contributed by atoms with Crippen molar-refractivity contribution in [2.45, 2.75) is 26.3 Å². The molecule has 0 saturated carbocycles. The predicted octanol–water partition coefficient (Wildman–Crippen LogP) is 2.04. The molecule has 2 heterocycles. The van der Waals surface area contributed by atoms with Crippen LogP contribution >= 0.6 is 11.3 Å². The lowest BCUT2D eigenvalue weighted by atomic mass is 10.3. The van der Waals surface area contributed by atoms with Crippen molar-refractivity contribution in [2.24, 2.45) is 0 Å². The second kappa shape index (κ2) is 5.57. The molecule has 1 N–H and O–H groups in total. The van der Waals surface area contributed by atoms with E-state index in [0.717, 1.165) is 22.5 Å². The third-order valence-electron chi connectivity index (χ3n) is 3.03. The number of nitrogens with zero attached hydrogens (tertiary/aromatic N) is 5. The quantitative estimate of drug-likeness (QED) is 0.797. The molecular formula is C13H14N6OS. The first kappa shape index (κ1) is 13.6. The van der Waals surface area contributed by atoms with Crippen molar-refractivity contribution in [1.82, 2.24) is 25.2 Å². The Labute approximate surface area is 125 Å². The van der Waals surface area contributed by atoms with Crippen LogP contribution in [0, 0.1) is 0 Å². The summed E-state index contributed by atoms with van der Waals surface area (Å²) in [5.74, 6) is -0.214. The van der Waals surface area contributed by atoms with Gasteiger partial charge < -0.3 is 0 Å². The Morgan fingerprint density at radius 3 is 2.52 bits per heavy atom. The highest BCUT2D eigenvalue weighted by molar-refractivity contribution is 7.15. The summed E-state index contributed by atoms with van der Waals surface area (Å²) in [4.78, 5) is 13.6. The van der Waals surface area contributed by atoms with E-state index in [4.69, 9.17) is 0 Å². The number of rotatable bonds is 4. The monoisotopic (exact) mass is 302 g/mol. The highest BCUT2D eigenvalue weighted by atomic mass is 32.1. The molecule has 3 rings (SSSR count). The van der Waals surface area contributed by atoms with Crippen LogP contribution in [0.1, 0.15) is 24.9 Å². The normalized spacial score (nSPS) is 12.5. The van der Waals surface area contributed by atoms with Crippen LogP contribution in [-0.2, 0) is 11.2 Å². The van der Waals surface area contributed by atoms with Gasteiger partial charge in [0, 0.05) is 0 Å². The van der Waals surface area contributed by atoms with E-state index in [1.807, 2.05) is 31.2 Å². The number of aromatic nitrogens is 5. The summed E-state index contributed by atoms with van der Waals surface area (Å²) in [6, 6.07) is 6.98. The molecule has 1 aromatic carbocycles. The summed E-state index contributed by atoms with van der Waals surface area (Å²) in [7, 11) is 0. The maximum Gasteiger partial charge on any atom is 0.252 e. The molecule has 0 radical (unpaired) electrons. The molecule has 0 bridgehead atoms. The molecular weight excluding hydrogens is 288 g/mol. The molecule has 1 atom stereocenters. The van der Waals surface area contributed by atoms with Crippen molar-refractivity contribution >= 4 is 33.4 Å². The molecule has 108 valence electrons. The van der Waals surface area contributed by atoms with E-state index < -0.39 is 6.04 Å². The number of nitrogens with one attached hydrogen (secondary N) is 1. The van der Waals surface area contributed by atoms with Gasteiger partial charge in [0.2, 0.25) is 5.13 Å². The minimum absolute atomic E-state index is 0.214. The fourth-order valence-electron chi connectivity index (χ4n) is 1.81. The molecule has 0 fully saturated rings.